The van der Waals surface area contributed by atoms with Crippen molar-refractivity contribution in [2.24, 2.45) is 0 Å². The van der Waals surface area contributed by atoms with Crippen molar-refractivity contribution in [3.05, 3.63) is 60.2 Å². The fourth-order valence-corrected chi connectivity index (χ4v) is 2.04. The van der Waals surface area contributed by atoms with Crippen molar-refractivity contribution in [2.45, 2.75) is 13.5 Å². The molecule has 0 radical (unpaired) electrons. The summed E-state index contributed by atoms with van der Waals surface area (Å²) in [6.45, 7) is 3.86. The molecule has 0 saturated heterocycles. The third-order valence-electron chi connectivity index (χ3n) is 3.15. The summed E-state index contributed by atoms with van der Waals surface area (Å²) < 4.78 is 0. The van der Waals surface area contributed by atoms with Crippen LogP contribution in [0, 0.1) is 0 Å². The normalized spacial score (nSPS) is 10.3. The number of rotatable bonds is 5. The predicted octanol–water partition coefficient (Wildman–Crippen LogP) is 1.39. The summed E-state index contributed by atoms with van der Waals surface area (Å²) in [4.78, 5) is 2.27. The molecule has 0 fully saturated rings. The van der Waals surface area contributed by atoms with Gasteiger partial charge in [-0.05, 0) is 30.1 Å². The van der Waals surface area contributed by atoms with E-state index in [1.807, 2.05) is 30.3 Å². The van der Waals surface area contributed by atoms with E-state index in [9.17, 15) is 0 Å². The minimum absolute atomic E-state index is 0.520. The van der Waals surface area contributed by atoms with E-state index >= 15 is 0 Å². The first-order chi connectivity index (χ1) is 9.20. The second kappa shape index (κ2) is 6.41. The molecular weight excluding hydrogens is 237 g/mol. The Morgan fingerprint density at radius 2 is 1.58 bits per heavy atom. The van der Waals surface area contributed by atoms with Gasteiger partial charge in [-0.1, -0.05) is 42.5 Å². The standard InChI is InChI=1S/C15H18BNO2/c1-2-17(15-6-4-3-5-7-15)12-13-8-10-14(11-9-13)16(18)19/h3-11,18-19H,2,12H2,1H3. The molecule has 0 aliphatic rings. The fourth-order valence-electron chi connectivity index (χ4n) is 2.04. The molecule has 2 rings (SSSR count). The topological polar surface area (TPSA) is 43.7 Å². The van der Waals surface area contributed by atoms with E-state index in [4.69, 9.17) is 10.0 Å². The van der Waals surface area contributed by atoms with Crippen LogP contribution in [0.2, 0.25) is 0 Å². The lowest BCUT2D eigenvalue weighted by Crippen LogP contribution is -2.29. The summed E-state index contributed by atoms with van der Waals surface area (Å²) in [6.07, 6.45) is 0. The maximum atomic E-state index is 9.07. The third kappa shape index (κ3) is 3.59. The van der Waals surface area contributed by atoms with Crippen molar-refractivity contribution in [1.82, 2.24) is 0 Å². The van der Waals surface area contributed by atoms with Crippen molar-refractivity contribution < 1.29 is 10.0 Å². The van der Waals surface area contributed by atoms with E-state index in [2.05, 4.69) is 24.0 Å². The Hall–Kier alpha value is -1.78. The van der Waals surface area contributed by atoms with E-state index < -0.39 is 7.12 Å². The maximum Gasteiger partial charge on any atom is 0.488 e. The van der Waals surface area contributed by atoms with Crippen LogP contribution in [0.5, 0.6) is 0 Å². The van der Waals surface area contributed by atoms with Crippen molar-refractivity contribution in [3.8, 4) is 0 Å². The summed E-state index contributed by atoms with van der Waals surface area (Å²) >= 11 is 0. The van der Waals surface area contributed by atoms with Gasteiger partial charge >= 0.3 is 7.12 Å². The van der Waals surface area contributed by atoms with Crippen LogP contribution in [-0.4, -0.2) is 23.7 Å². The highest BCUT2D eigenvalue weighted by molar-refractivity contribution is 6.58. The largest absolute Gasteiger partial charge is 0.488 e. The van der Waals surface area contributed by atoms with Gasteiger partial charge in [0.2, 0.25) is 0 Å². The second-order valence-electron chi connectivity index (χ2n) is 4.46. The molecule has 2 aromatic carbocycles. The summed E-state index contributed by atoms with van der Waals surface area (Å²) in [7, 11) is -1.40. The number of nitrogens with zero attached hydrogens (tertiary/aromatic N) is 1. The molecule has 2 N–H and O–H groups in total. The molecule has 2 aromatic rings. The van der Waals surface area contributed by atoms with E-state index in [1.165, 1.54) is 5.69 Å². The molecule has 0 amide bonds. The van der Waals surface area contributed by atoms with Crippen LogP contribution in [0.25, 0.3) is 0 Å². The monoisotopic (exact) mass is 255 g/mol. The van der Waals surface area contributed by atoms with E-state index in [0.29, 0.717) is 5.46 Å². The molecule has 19 heavy (non-hydrogen) atoms. The van der Waals surface area contributed by atoms with Crippen molar-refractivity contribution in [1.29, 1.82) is 0 Å². The van der Waals surface area contributed by atoms with Gasteiger partial charge in [-0.3, -0.25) is 0 Å². The zero-order chi connectivity index (χ0) is 13.7. The van der Waals surface area contributed by atoms with Crippen molar-refractivity contribution in [3.63, 3.8) is 0 Å². The van der Waals surface area contributed by atoms with Gasteiger partial charge in [-0.15, -0.1) is 0 Å². The zero-order valence-electron chi connectivity index (χ0n) is 11.0. The number of hydrogen-bond acceptors (Lipinski definition) is 3. The van der Waals surface area contributed by atoms with E-state index in [0.717, 1.165) is 18.7 Å². The fraction of sp³-hybridized carbons (Fsp3) is 0.200. The van der Waals surface area contributed by atoms with Gasteiger partial charge in [0.05, 0.1) is 0 Å². The molecule has 0 spiro atoms. The average molecular weight is 255 g/mol. The molecule has 0 heterocycles. The highest BCUT2D eigenvalue weighted by Gasteiger charge is 2.10. The Kier molecular flexibility index (Phi) is 4.60. The Labute approximate surface area is 114 Å². The van der Waals surface area contributed by atoms with Crippen LogP contribution in [0.4, 0.5) is 5.69 Å². The highest BCUT2D eigenvalue weighted by Crippen LogP contribution is 2.15. The van der Waals surface area contributed by atoms with Crippen LogP contribution in [0.15, 0.2) is 54.6 Å². The van der Waals surface area contributed by atoms with Crippen molar-refractivity contribution >= 4 is 18.3 Å². The van der Waals surface area contributed by atoms with Gasteiger partial charge in [0, 0.05) is 18.8 Å². The molecule has 98 valence electrons. The molecule has 0 aromatic heterocycles. The van der Waals surface area contributed by atoms with E-state index in [1.54, 1.807) is 12.1 Å². The lowest BCUT2D eigenvalue weighted by atomic mass is 9.80. The minimum Gasteiger partial charge on any atom is -0.423 e. The van der Waals surface area contributed by atoms with Crippen LogP contribution in [-0.2, 0) is 6.54 Å². The first kappa shape index (κ1) is 13.7. The molecule has 3 nitrogen and oxygen atoms in total. The third-order valence-corrected chi connectivity index (χ3v) is 3.15. The van der Waals surface area contributed by atoms with Gasteiger partial charge in [0.1, 0.15) is 0 Å². The van der Waals surface area contributed by atoms with Gasteiger partial charge < -0.3 is 14.9 Å². The summed E-state index contributed by atoms with van der Waals surface area (Å²) in [5, 5.41) is 18.1. The van der Waals surface area contributed by atoms with Gasteiger partial charge in [-0.2, -0.15) is 0 Å². The van der Waals surface area contributed by atoms with Crippen molar-refractivity contribution in [2.75, 3.05) is 11.4 Å². The molecule has 0 bridgehead atoms. The number of benzene rings is 2. The molecular formula is C15H18BNO2. The van der Waals surface area contributed by atoms with Gasteiger partial charge in [0.15, 0.2) is 0 Å². The highest BCUT2D eigenvalue weighted by atomic mass is 16.4. The number of anilines is 1. The lowest BCUT2D eigenvalue weighted by Gasteiger charge is -2.23. The average Bonchev–Trinajstić information content (AvgIpc) is 2.46. The van der Waals surface area contributed by atoms with Gasteiger partial charge in [-0.25, -0.2) is 0 Å². The Bertz CT molecular complexity index is 499. The second-order valence-corrected chi connectivity index (χ2v) is 4.46. The Morgan fingerprint density at radius 1 is 0.947 bits per heavy atom. The Morgan fingerprint density at radius 3 is 2.11 bits per heavy atom. The quantitative estimate of drug-likeness (QED) is 0.793. The molecule has 0 atom stereocenters. The first-order valence-corrected chi connectivity index (χ1v) is 6.45. The Balaban J connectivity index is 2.10. The lowest BCUT2D eigenvalue weighted by molar-refractivity contribution is 0.426. The van der Waals surface area contributed by atoms with Gasteiger partial charge in [0.25, 0.3) is 0 Å². The smallest absolute Gasteiger partial charge is 0.423 e. The minimum atomic E-state index is -1.40. The van der Waals surface area contributed by atoms with Crippen LogP contribution >= 0.6 is 0 Å². The molecule has 0 unspecified atom stereocenters. The van der Waals surface area contributed by atoms with Crippen LogP contribution in [0.3, 0.4) is 0 Å². The molecule has 4 heteroatoms. The molecule has 0 aliphatic carbocycles. The summed E-state index contributed by atoms with van der Waals surface area (Å²) in [5.41, 5.74) is 2.86. The SMILES string of the molecule is CCN(Cc1ccc(B(O)O)cc1)c1ccccc1. The number of hydrogen-bond donors (Lipinski definition) is 2. The summed E-state index contributed by atoms with van der Waals surface area (Å²) in [6, 6.07) is 17.6. The van der Waals surface area contributed by atoms with E-state index in [-0.39, 0.29) is 0 Å². The summed E-state index contributed by atoms with van der Waals surface area (Å²) in [5.74, 6) is 0. The molecule has 0 saturated carbocycles. The maximum absolute atomic E-state index is 9.07. The zero-order valence-corrected chi connectivity index (χ0v) is 11.0. The van der Waals surface area contributed by atoms with Crippen LogP contribution in [0.1, 0.15) is 12.5 Å². The van der Waals surface area contributed by atoms with Crippen LogP contribution < -0.4 is 10.4 Å². The predicted molar refractivity (Wildman–Crippen MR) is 79.4 cm³/mol. The number of para-hydroxylation sites is 1. The molecule has 0 aliphatic heterocycles. The first-order valence-electron chi connectivity index (χ1n) is 6.45.